The zero-order valence-electron chi connectivity index (χ0n) is 24.1. The number of allylic oxidation sites excluding steroid dienone is 1. The third-order valence-electron chi connectivity index (χ3n) is 6.90. The molecule has 0 unspecified atom stereocenters. The van der Waals surface area contributed by atoms with Gasteiger partial charge < -0.3 is 36.1 Å². The van der Waals surface area contributed by atoms with Gasteiger partial charge in [0.2, 0.25) is 5.91 Å². The van der Waals surface area contributed by atoms with E-state index in [1.54, 1.807) is 18.1 Å². The Kier molecular flexibility index (Phi) is 10.4. The van der Waals surface area contributed by atoms with E-state index in [0.717, 1.165) is 21.8 Å². The molecule has 6 N–H and O–H groups in total. The average molecular weight is 699 g/mol. The minimum absolute atomic E-state index is 0.0460. The fraction of sp³-hybridized carbons (Fsp3) is 0.296. The third kappa shape index (κ3) is 7.65. The number of amides is 3. The van der Waals surface area contributed by atoms with Crippen LogP contribution in [0, 0.1) is 0 Å². The van der Waals surface area contributed by atoms with Crippen molar-refractivity contribution < 1.29 is 57.3 Å². The summed E-state index contributed by atoms with van der Waals surface area (Å²) in [6.07, 6.45) is -3.08. The fourth-order valence-electron chi connectivity index (χ4n) is 4.69. The fourth-order valence-corrected chi connectivity index (χ4v) is 6.54. The predicted molar refractivity (Wildman–Crippen MR) is 159 cm³/mol. The Labute approximate surface area is 271 Å². The number of oxime groups is 1. The minimum atomic E-state index is -5.08. The maximum atomic E-state index is 13.1. The van der Waals surface area contributed by atoms with Crippen LogP contribution in [0.15, 0.2) is 57.7 Å². The lowest BCUT2D eigenvalue weighted by Crippen LogP contribution is -2.71. The highest BCUT2D eigenvalue weighted by atomic mass is 32.2. The first-order valence-corrected chi connectivity index (χ1v) is 15.2. The second-order valence-corrected chi connectivity index (χ2v) is 11.9. The molecule has 3 aliphatic rings. The summed E-state index contributed by atoms with van der Waals surface area (Å²) in [5, 5.41) is 32.8. The Bertz CT molecular complexity index is 1690. The normalized spacial score (nSPS) is 20.3. The Balaban J connectivity index is 0.000000644. The van der Waals surface area contributed by atoms with Gasteiger partial charge in [-0.15, -0.1) is 23.1 Å². The highest BCUT2D eigenvalue weighted by Gasteiger charge is 2.54. The first-order valence-electron chi connectivity index (χ1n) is 13.2. The van der Waals surface area contributed by atoms with Crippen LogP contribution in [-0.4, -0.2) is 103 Å². The number of rotatable bonds is 8. The molecule has 2 atom stereocenters. The minimum Gasteiger partial charge on any atom is -0.497 e. The summed E-state index contributed by atoms with van der Waals surface area (Å²) in [5.74, 6) is -4.83. The van der Waals surface area contributed by atoms with Crippen molar-refractivity contribution in [3.63, 3.8) is 0 Å². The molecule has 1 aromatic carbocycles. The standard InChI is InChI=1S/C25H24N6O7S2.C2HF3O2/c1-38-15-4-2-12(3-5-15)9-30-7-6-13(21(30)33)8-14-10-39-23-18(22(34)31(23)19(14)24(35)36)28-20(32)17(29-37)16-11-40-25(26)27-16;3-2(4,5)1(6)7/h2-5,8,11,18,23,37H,6-7,9-10H2,1H3,(H2,26,27)(H,28,32)(H,35,36);(H,6,7)/t18-,23-;/m1./s1. The molecular formula is C27H25F3N6O9S2. The largest absolute Gasteiger partial charge is 0.497 e. The number of likely N-dealkylation sites (tertiary alicyclic amines) is 1. The molecule has 0 bridgehead atoms. The average Bonchev–Trinajstić information content (AvgIpc) is 3.60. The van der Waals surface area contributed by atoms with Crippen molar-refractivity contribution in [2.45, 2.75) is 30.6 Å². The summed E-state index contributed by atoms with van der Waals surface area (Å²) in [6.45, 7) is 0.888. The Morgan fingerprint density at radius 3 is 2.40 bits per heavy atom. The van der Waals surface area contributed by atoms with Gasteiger partial charge >= 0.3 is 18.1 Å². The first-order chi connectivity index (χ1) is 22.2. The molecule has 0 aliphatic carbocycles. The SMILES string of the molecule is COc1ccc(CN2CCC(=CC3=C(C(=O)O)N4C(=O)[C@@H](NC(=O)C(=NO)c5csc(N)n5)[C@H]4SC3)C2=O)cc1.O=C(O)C(F)(F)F. The number of β-lactam (4-membered cyclic amide) rings is 1. The lowest BCUT2D eigenvalue weighted by atomic mass is 10.0. The number of fused-ring (bicyclic) bond motifs is 1. The molecule has 3 amide bonds. The lowest BCUT2D eigenvalue weighted by molar-refractivity contribution is -0.192. The van der Waals surface area contributed by atoms with E-state index >= 15 is 0 Å². The number of hydrogen-bond donors (Lipinski definition) is 5. The summed E-state index contributed by atoms with van der Waals surface area (Å²) < 4.78 is 36.9. The molecule has 3 aliphatic heterocycles. The smallest absolute Gasteiger partial charge is 0.490 e. The Morgan fingerprint density at radius 2 is 1.87 bits per heavy atom. The maximum absolute atomic E-state index is 13.1. The second kappa shape index (κ2) is 14.1. The van der Waals surface area contributed by atoms with Crippen LogP contribution >= 0.6 is 23.1 Å². The van der Waals surface area contributed by atoms with Crippen LogP contribution in [0.25, 0.3) is 0 Å². The number of nitrogens with zero attached hydrogens (tertiary/aromatic N) is 4. The number of ether oxygens (including phenoxy) is 1. The van der Waals surface area contributed by atoms with Gasteiger partial charge in [0, 0.05) is 29.8 Å². The van der Waals surface area contributed by atoms with Crippen molar-refractivity contribution in [1.29, 1.82) is 0 Å². The summed E-state index contributed by atoms with van der Waals surface area (Å²) >= 11 is 2.31. The number of halogens is 3. The van der Waals surface area contributed by atoms with Crippen LogP contribution < -0.4 is 15.8 Å². The van der Waals surface area contributed by atoms with Crippen LogP contribution in [0.3, 0.4) is 0 Å². The van der Waals surface area contributed by atoms with E-state index < -0.39 is 47.1 Å². The molecule has 47 heavy (non-hydrogen) atoms. The topological polar surface area (TPSA) is 225 Å². The quantitative estimate of drug-likeness (QED) is 0.0873. The zero-order valence-corrected chi connectivity index (χ0v) is 25.7. The number of carbonyl (C=O) groups is 5. The van der Waals surface area contributed by atoms with Crippen molar-refractivity contribution in [1.82, 2.24) is 20.1 Å². The van der Waals surface area contributed by atoms with Gasteiger partial charge in [0.1, 0.15) is 28.6 Å². The van der Waals surface area contributed by atoms with Crippen LogP contribution in [0.4, 0.5) is 18.3 Å². The highest BCUT2D eigenvalue weighted by molar-refractivity contribution is 8.00. The molecular weight excluding hydrogens is 673 g/mol. The van der Waals surface area contributed by atoms with Gasteiger partial charge in [0.15, 0.2) is 10.8 Å². The van der Waals surface area contributed by atoms with Crippen LogP contribution in [0.1, 0.15) is 17.7 Å². The number of aromatic nitrogens is 1. The number of anilines is 1. The summed E-state index contributed by atoms with van der Waals surface area (Å²) in [7, 11) is 1.58. The maximum Gasteiger partial charge on any atom is 0.490 e. The molecule has 2 saturated heterocycles. The van der Waals surface area contributed by atoms with E-state index in [2.05, 4.69) is 15.5 Å². The molecule has 0 saturated carbocycles. The molecule has 15 nitrogen and oxygen atoms in total. The number of carboxylic acid groups (broad SMARTS) is 2. The Hall–Kier alpha value is -5.11. The third-order valence-corrected chi connectivity index (χ3v) is 8.88. The van der Waals surface area contributed by atoms with Gasteiger partial charge in [-0.05, 0) is 35.8 Å². The van der Waals surface area contributed by atoms with E-state index in [1.807, 2.05) is 24.3 Å². The monoisotopic (exact) mass is 698 g/mol. The van der Waals surface area contributed by atoms with Gasteiger partial charge in [-0.1, -0.05) is 17.3 Å². The van der Waals surface area contributed by atoms with Gasteiger partial charge in [-0.25, -0.2) is 14.6 Å². The molecule has 0 spiro atoms. The first kappa shape index (κ1) is 34.8. The summed E-state index contributed by atoms with van der Waals surface area (Å²) in [4.78, 5) is 66.6. The molecule has 1 aromatic heterocycles. The number of thiazole rings is 1. The van der Waals surface area contributed by atoms with Crippen molar-refractivity contribution >= 4 is 63.6 Å². The number of thioether (sulfide) groups is 1. The number of carbonyl (C=O) groups excluding carboxylic acids is 3. The molecule has 5 rings (SSSR count). The van der Waals surface area contributed by atoms with E-state index in [0.29, 0.717) is 36.4 Å². The molecule has 2 aromatic rings. The van der Waals surface area contributed by atoms with Crippen molar-refractivity contribution in [3.05, 3.63) is 63.8 Å². The highest BCUT2D eigenvalue weighted by Crippen LogP contribution is 2.41. The summed E-state index contributed by atoms with van der Waals surface area (Å²) in [5.41, 5.74) is 6.72. The Morgan fingerprint density at radius 1 is 1.21 bits per heavy atom. The van der Waals surface area contributed by atoms with E-state index in [-0.39, 0.29) is 28.2 Å². The lowest BCUT2D eigenvalue weighted by Gasteiger charge is -2.49. The van der Waals surface area contributed by atoms with Crippen LogP contribution in [0.2, 0.25) is 0 Å². The number of aliphatic carboxylic acids is 2. The summed E-state index contributed by atoms with van der Waals surface area (Å²) in [6, 6.07) is 6.35. The zero-order chi connectivity index (χ0) is 34.6. The van der Waals surface area contributed by atoms with Crippen molar-refractivity contribution in [2.75, 3.05) is 25.1 Å². The number of methoxy groups -OCH3 is 1. The molecule has 2 fully saturated rings. The molecule has 250 valence electrons. The number of nitrogens with one attached hydrogen (secondary N) is 1. The molecule has 0 radical (unpaired) electrons. The van der Waals surface area contributed by atoms with Gasteiger partial charge in [0.05, 0.1) is 7.11 Å². The number of nitrogen functional groups attached to an aromatic ring is 1. The number of alkyl halides is 3. The van der Waals surface area contributed by atoms with E-state index in [9.17, 15) is 42.7 Å². The number of benzene rings is 1. The predicted octanol–water partition coefficient (Wildman–Crippen LogP) is 1.64. The second-order valence-electron chi connectivity index (χ2n) is 9.86. The molecule has 20 heteroatoms. The van der Waals surface area contributed by atoms with Gasteiger partial charge in [-0.2, -0.15) is 13.2 Å². The van der Waals surface area contributed by atoms with Crippen LogP contribution in [0.5, 0.6) is 5.75 Å². The van der Waals surface area contributed by atoms with Crippen LogP contribution in [-0.2, 0) is 30.5 Å². The molecule has 4 heterocycles. The van der Waals surface area contributed by atoms with Crippen molar-refractivity contribution in [3.8, 4) is 5.75 Å². The van der Waals surface area contributed by atoms with Crippen molar-refractivity contribution in [2.24, 2.45) is 5.16 Å². The van der Waals surface area contributed by atoms with E-state index in [4.69, 9.17) is 20.4 Å². The number of carboxylic acids is 2. The van der Waals surface area contributed by atoms with Gasteiger partial charge in [0.25, 0.3) is 11.8 Å². The van der Waals surface area contributed by atoms with E-state index in [1.165, 1.54) is 17.1 Å². The number of nitrogens with two attached hydrogens (primary N) is 1. The number of hydrogen-bond acceptors (Lipinski definition) is 12. The van der Waals surface area contributed by atoms with Gasteiger partial charge in [-0.3, -0.25) is 19.3 Å².